The van der Waals surface area contributed by atoms with Gasteiger partial charge in [-0.15, -0.1) is 24.0 Å². The van der Waals surface area contributed by atoms with Crippen LogP contribution in [0, 0.1) is 5.41 Å². The molecule has 6 nitrogen and oxygen atoms in total. The number of nitrogens with zero attached hydrogens (tertiary/aromatic N) is 1. The number of nitrogens with one attached hydrogen (secondary N) is 1. The molecule has 1 fully saturated rings. The summed E-state index contributed by atoms with van der Waals surface area (Å²) in [4.78, 5) is 16.1. The molecule has 7 heteroatoms. The van der Waals surface area contributed by atoms with Gasteiger partial charge in [0.1, 0.15) is 0 Å². The second kappa shape index (κ2) is 9.22. The molecule has 134 valence electrons. The molecule has 1 heterocycles. The third-order valence-corrected chi connectivity index (χ3v) is 4.35. The second-order valence-corrected chi connectivity index (χ2v) is 6.36. The Balaban J connectivity index is 0.00000288. The number of hydrogen-bond acceptors (Lipinski definition) is 3. The summed E-state index contributed by atoms with van der Waals surface area (Å²) in [6.07, 6.45) is 1.17. The molecule has 1 saturated heterocycles. The third-order valence-electron chi connectivity index (χ3n) is 4.35. The third kappa shape index (κ3) is 5.34. The maximum atomic E-state index is 11.8. The van der Waals surface area contributed by atoms with Crippen LogP contribution in [-0.4, -0.2) is 31.6 Å². The van der Waals surface area contributed by atoms with Crippen molar-refractivity contribution in [1.82, 2.24) is 0 Å². The van der Waals surface area contributed by atoms with E-state index in [9.17, 15) is 4.79 Å². The van der Waals surface area contributed by atoms with Crippen molar-refractivity contribution >= 4 is 41.5 Å². The molecule has 0 saturated carbocycles. The molecule has 1 aromatic carbocycles. The summed E-state index contributed by atoms with van der Waals surface area (Å²) in [5, 5.41) is 3.08. The van der Waals surface area contributed by atoms with Crippen molar-refractivity contribution in [2.24, 2.45) is 21.9 Å². The van der Waals surface area contributed by atoms with E-state index in [2.05, 4.69) is 30.2 Å². The number of amides is 1. The van der Waals surface area contributed by atoms with Crippen LogP contribution in [0.2, 0.25) is 0 Å². The molecular formula is C17H27IN4O2. The van der Waals surface area contributed by atoms with Crippen LogP contribution < -0.4 is 16.8 Å². The number of anilines is 1. The number of aliphatic imine (C=N–C) groups is 1. The molecule has 1 aliphatic heterocycles. The van der Waals surface area contributed by atoms with Gasteiger partial charge in [-0.2, -0.15) is 0 Å². The summed E-state index contributed by atoms with van der Waals surface area (Å²) >= 11 is 0. The first-order chi connectivity index (χ1) is 10.9. The molecular weight excluding hydrogens is 419 g/mol. The molecule has 1 aromatic rings. The number of nitrogens with two attached hydrogens (primary N) is 2. The topological polar surface area (TPSA) is 103 Å². The lowest BCUT2D eigenvalue weighted by atomic mass is 9.79. The van der Waals surface area contributed by atoms with E-state index in [1.807, 2.05) is 18.2 Å². The molecule has 1 aliphatic rings. The maximum absolute atomic E-state index is 11.8. The maximum Gasteiger partial charge on any atom is 0.225 e. The van der Waals surface area contributed by atoms with E-state index in [-0.39, 0.29) is 42.4 Å². The lowest BCUT2D eigenvalue weighted by molar-refractivity contribution is -0.132. The normalized spacial score (nSPS) is 17.2. The Kier molecular flexibility index (Phi) is 7.95. The minimum absolute atomic E-state index is 0. The van der Waals surface area contributed by atoms with Gasteiger partial charge in [-0.3, -0.25) is 9.79 Å². The van der Waals surface area contributed by atoms with Gasteiger partial charge in [-0.25, -0.2) is 0 Å². The first-order valence-electron chi connectivity index (χ1n) is 7.97. The van der Waals surface area contributed by atoms with Crippen molar-refractivity contribution < 1.29 is 9.53 Å². The van der Waals surface area contributed by atoms with E-state index in [0.717, 1.165) is 5.69 Å². The molecule has 2 rings (SSSR count). The molecule has 0 radical (unpaired) electrons. The number of guanidine groups is 1. The Bertz CT molecular complexity index is 584. The van der Waals surface area contributed by atoms with Crippen LogP contribution in [0.25, 0.3) is 0 Å². The largest absolute Gasteiger partial charge is 0.381 e. The molecule has 0 aliphatic carbocycles. The Morgan fingerprint density at radius 3 is 2.58 bits per heavy atom. The summed E-state index contributed by atoms with van der Waals surface area (Å²) in [7, 11) is 0. The van der Waals surface area contributed by atoms with E-state index in [1.165, 1.54) is 5.56 Å². The Hall–Kier alpha value is -1.35. The standard InChI is InChI=1S/C17H26N4O2.HI/c1-12(2)13-4-3-5-14(10-13)21-16(19)20-11-17(15(18)22)6-8-23-9-7-17;/h3-5,10,12H,6-9,11H2,1-2H3,(H2,18,22)(H3,19,20,21);1H. The molecule has 5 N–H and O–H groups in total. The highest BCUT2D eigenvalue weighted by Gasteiger charge is 2.38. The molecule has 0 spiro atoms. The van der Waals surface area contributed by atoms with Crippen molar-refractivity contribution in [2.45, 2.75) is 32.6 Å². The number of carbonyl (C=O) groups excluding carboxylic acids is 1. The summed E-state index contributed by atoms with van der Waals surface area (Å²) < 4.78 is 5.31. The smallest absolute Gasteiger partial charge is 0.225 e. The van der Waals surface area contributed by atoms with Gasteiger partial charge in [-0.1, -0.05) is 26.0 Å². The lowest BCUT2D eigenvalue weighted by Crippen LogP contribution is -2.44. The quantitative estimate of drug-likeness (QED) is 0.367. The second-order valence-electron chi connectivity index (χ2n) is 6.36. The number of carbonyl (C=O) groups is 1. The summed E-state index contributed by atoms with van der Waals surface area (Å²) in [6, 6.07) is 8.04. The molecule has 1 amide bonds. The number of halogens is 1. The lowest BCUT2D eigenvalue weighted by Gasteiger charge is -2.32. The van der Waals surface area contributed by atoms with Crippen molar-refractivity contribution in [1.29, 1.82) is 0 Å². The fourth-order valence-corrected chi connectivity index (χ4v) is 2.64. The molecule has 0 aromatic heterocycles. The highest BCUT2D eigenvalue weighted by Crippen LogP contribution is 2.30. The monoisotopic (exact) mass is 446 g/mol. The predicted molar refractivity (Wildman–Crippen MR) is 108 cm³/mol. The van der Waals surface area contributed by atoms with Crippen LogP contribution in [0.4, 0.5) is 5.69 Å². The van der Waals surface area contributed by atoms with Gasteiger partial charge in [0.25, 0.3) is 0 Å². The highest BCUT2D eigenvalue weighted by atomic mass is 127. The van der Waals surface area contributed by atoms with Gasteiger partial charge in [0, 0.05) is 18.9 Å². The minimum Gasteiger partial charge on any atom is -0.381 e. The zero-order valence-electron chi connectivity index (χ0n) is 14.2. The fourth-order valence-electron chi connectivity index (χ4n) is 2.64. The van der Waals surface area contributed by atoms with Crippen molar-refractivity contribution in [3.05, 3.63) is 29.8 Å². The van der Waals surface area contributed by atoms with E-state index in [0.29, 0.717) is 32.0 Å². The van der Waals surface area contributed by atoms with Crippen molar-refractivity contribution in [2.75, 3.05) is 25.1 Å². The highest BCUT2D eigenvalue weighted by molar-refractivity contribution is 14.0. The van der Waals surface area contributed by atoms with Crippen LogP contribution in [0.1, 0.15) is 38.2 Å². The fraction of sp³-hybridized carbons (Fsp3) is 0.529. The predicted octanol–water partition coefficient (Wildman–Crippen LogP) is 2.44. The molecule has 0 unspecified atom stereocenters. The average Bonchev–Trinajstić information content (AvgIpc) is 2.54. The zero-order valence-corrected chi connectivity index (χ0v) is 16.6. The average molecular weight is 446 g/mol. The summed E-state index contributed by atoms with van der Waals surface area (Å²) in [6.45, 7) is 5.62. The van der Waals surface area contributed by atoms with Crippen LogP contribution >= 0.6 is 24.0 Å². The van der Waals surface area contributed by atoms with Gasteiger partial charge in [0.05, 0.1) is 12.0 Å². The number of primary amides is 1. The molecule has 0 bridgehead atoms. The van der Waals surface area contributed by atoms with E-state index in [4.69, 9.17) is 16.2 Å². The first kappa shape index (κ1) is 20.7. The van der Waals surface area contributed by atoms with Crippen LogP contribution in [0.5, 0.6) is 0 Å². The Morgan fingerprint density at radius 1 is 1.33 bits per heavy atom. The Labute approximate surface area is 160 Å². The summed E-state index contributed by atoms with van der Waals surface area (Å²) in [5.74, 6) is 0.396. The van der Waals surface area contributed by atoms with Crippen molar-refractivity contribution in [3.63, 3.8) is 0 Å². The van der Waals surface area contributed by atoms with Gasteiger partial charge >= 0.3 is 0 Å². The van der Waals surface area contributed by atoms with Crippen LogP contribution in [0.15, 0.2) is 29.3 Å². The van der Waals surface area contributed by atoms with Gasteiger partial charge in [0.2, 0.25) is 5.91 Å². The molecule has 24 heavy (non-hydrogen) atoms. The van der Waals surface area contributed by atoms with E-state index >= 15 is 0 Å². The SMILES string of the molecule is CC(C)c1cccc(NC(N)=NCC2(C(N)=O)CCOCC2)c1.I. The van der Waals surface area contributed by atoms with Crippen LogP contribution in [0.3, 0.4) is 0 Å². The van der Waals surface area contributed by atoms with E-state index < -0.39 is 5.41 Å². The van der Waals surface area contributed by atoms with E-state index in [1.54, 1.807) is 0 Å². The van der Waals surface area contributed by atoms with Gasteiger partial charge < -0.3 is 21.5 Å². The van der Waals surface area contributed by atoms with Gasteiger partial charge in [-0.05, 0) is 36.5 Å². The summed E-state index contributed by atoms with van der Waals surface area (Å²) in [5.41, 5.74) is 13.0. The molecule has 0 atom stereocenters. The van der Waals surface area contributed by atoms with Crippen molar-refractivity contribution in [3.8, 4) is 0 Å². The Morgan fingerprint density at radius 2 is 2.00 bits per heavy atom. The van der Waals surface area contributed by atoms with Crippen LogP contribution in [-0.2, 0) is 9.53 Å². The minimum atomic E-state index is -0.648. The number of hydrogen-bond donors (Lipinski definition) is 3. The zero-order chi connectivity index (χ0) is 16.9. The first-order valence-corrected chi connectivity index (χ1v) is 7.97. The number of benzene rings is 1. The van der Waals surface area contributed by atoms with Gasteiger partial charge in [0.15, 0.2) is 5.96 Å². The number of rotatable bonds is 5. The number of ether oxygens (including phenoxy) is 1.